The first-order valence-electron chi connectivity index (χ1n) is 11.3. The Morgan fingerprint density at radius 1 is 1.00 bits per heavy atom. The molecule has 2 heterocycles. The summed E-state index contributed by atoms with van der Waals surface area (Å²) < 4.78 is 2.26. The predicted molar refractivity (Wildman–Crippen MR) is 139 cm³/mol. The fourth-order valence-electron chi connectivity index (χ4n) is 4.11. The summed E-state index contributed by atoms with van der Waals surface area (Å²) in [5.74, 6) is -0.0435. The lowest BCUT2D eigenvalue weighted by atomic mass is 10.1. The number of hydrogen-bond acceptors (Lipinski definition) is 3. The average Bonchev–Trinajstić information content (AvgIpc) is 3.35. The molecule has 0 spiro atoms. The fraction of sp³-hybridized carbons (Fsp3) is 0.179. The van der Waals surface area contributed by atoms with Gasteiger partial charge in [-0.1, -0.05) is 78.8 Å². The van der Waals surface area contributed by atoms with Gasteiger partial charge in [-0.25, -0.2) is 0 Å². The van der Waals surface area contributed by atoms with Gasteiger partial charge in [0.1, 0.15) is 0 Å². The molecule has 5 rings (SSSR count). The Labute approximate surface area is 198 Å². The van der Waals surface area contributed by atoms with Gasteiger partial charge in [0.05, 0.1) is 4.91 Å². The van der Waals surface area contributed by atoms with Gasteiger partial charge in [0, 0.05) is 34.9 Å². The van der Waals surface area contributed by atoms with Gasteiger partial charge >= 0.3 is 0 Å². The topological polar surface area (TPSA) is 46.1 Å². The molecular weight excluding hydrogens is 426 g/mol. The van der Waals surface area contributed by atoms with E-state index in [1.54, 1.807) is 0 Å². The second-order valence-electron chi connectivity index (χ2n) is 8.39. The molecule has 0 bridgehead atoms. The van der Waals surface area contributed by atoms with Crippen LogP contribution in [0.2, 0.25) is 0 Å². The van der Waals surface area contributed by atoms with Crippen LogP contribution >= 0.6 is 11.8 Å². The van der Waals surface area contributed by atoms with Gasteiger partial charge in [-0.2, -0.15) is 0 Å². The Morgan fingerprint density at radius 2 is 1.73 bits per heavy atom. The van der Waals surface area contributed by atoms with E-state index < -0.39 is 0 Å². The number of anilines is 1. The minimum absolute atomic E-state index is 0.0435. The Bertz CT molecular complexity index is 1320. The Balaban J connectivity index is 1.39. The molecule has 1 aliphatic heterocycles. The van der Waals surface area contributed by atoms with Gasteiger partial charge < -0.3 is 15.2 Å². The van der Waals surface area contributed by atoms with Crippen LogP contribution < -0.4 is 10.6 Å². The van der Waals surface area contributed by atoms with E-state index in [-0.39, 0.29) is 11.4 Å². The summed E-state index contributed by atoms with van der Waals surface area (Å²) in [6.45, 7) is 5.04. The fourth-order valence-corrected chi connectivity index (χ4v) is 5.08. The summed E-state index contributed by atoms with van der Waals surface area (Å²) in [6, 6.07) is 25.4. The van der Waals surface area contributed by atoms with Crippen LogP contribution in [0, 0.1) is 6.92 Å². The number of nitrogens with zero attached hydrogens (tertiary/aromatic N) is 1. The van der Waals surface area contributed by atoms with Gasteiger partial charge in [0.25, 0.3) is 5.91 Å². The standard InChI is InChI=1S/C28H27N3OS/c1-3-20-12-14-23(15-13-20)29-28-30-27(32)26(33-28)16-22-18-31(25-7-5-4-6-24(22)25)17-21-10-8-19(2)9-11-21/h4-16,18,28-29H,3,17H2,1-2H3,(H,30,32)/b26-16-/t28-/m1/s1. The van der Waals surface area contributed by atoms with E-state index in [1.165, 1.54) is 34.0 Å². The normalized spacial score (nSPS) is 17.0. The van der Waals surface area contributed by atoms with Crippen LogP contribution in [0.4, 0.5) is 5.69 Å². The number of benzene rings is 3. The number of fused-ring (bicyclic) bond motifs is 1. The van der Waals surface area contributed by atoms with Crippen LogP contribution in [0.5, 0.6) is 0 Å². The third kappa shape index (κ3) is 4.69. The molecule has 0 unspecified atom stereocenters. The van der Waals surface area contributed by atoms with Gasteiger partial charge in [-0.3, -0.25) is 4.79 Å². The zero-order valence-electron chi connectivity index (χ0n) is 18.8. The lowest BCUT2D eigenvalue weighted by Crippen LogP contribution is -2.30. The van der Waals surface area contributed by atoms with Crippen molar-refractivity contribution in [3.63, 3.8) is 0 Å². The molecule has 0 aliphatic carbocycles. The second-order valence-corrected chi connectivity index (χ2v) is 9.54. The van der Waals surface area contributed by atoms with Gasteiger partial charge in [0.15, 0.2) is 5.50 Å². The molecule has 1 fully saturated rings. The lowest BCUT2D eigenvalue weighted by molar-refractivity contribution is -0.116. The predicted octanol–water partition coefficient (Wildman–Crippen LogP) is 6.16. The SMILES string of the molecule is CCc1ccc(N[C@@H]2NC(=O)/C(=C/c3cn(Cc4ccc(C)cc4)c4ccccc34)S2)cc1. The van der Waals surface area contributed by atoms with Crippen LogP contribution in [0.15, 0.2) is 83.9 Å². The van der Waals surface area contributed by atoms with Crippen molar-refractivity contribution in [3.8, 4) is 0 Å². The number of nitrogens with one attached hydrogen (secondary N) is 2. The van der Waals surface area contributed by atoms with Crippen molar-refractivity contribution < 1.29 is 4.79 Å². The first-order valence-corrected chi connectivity index (χ1v) is 12.1. The highest BCUT2D eigenvalue weighted by Crippen LogP contribution is 2.33. The molecule has 2 N–H and O–H groups in total. The molecule has 4 aromatic rings. The summed E-state index contributed by atoms with van der Waals surface area (Å²) in [4.78, 5) is 13.4. The zero-order chi connectivity index (χ0) is 22.8. The van der Waals surface area contributed by atoms with Crippen LogP contribution in [0.1, 0.15) is 29.2 Å². The molecule has 1 saturated heterocycles. The molecule has 0 saturated carbocycles. The van der Waals surface area contributed by atoms with Crippen molar-refractivity contribution in [1.29, 1.82) is 0 Å². The van der Waals surface area contributed by atoms with Gasteiger partial charge in [-0.05, 0) is 48.7 Å². The number of carbonyl (C=O) groups excluding carboxylic acids is 1. The molecule has 1 amide bonds. The molecule has 166 valence electrons. The maximum absolute atomic E-state index is 12.7. The summed E-state index contributed by atoms with van der Waals surface area (Å²) in [7, 11) is 0. The number of hydrogen-bond donors (Lipinski definition) is 2. The summed E-state index contributed by atoms with van der Waals surface area (Å²) >= 11 is 1.52. The number of aryl methyl sites for hydroxylation is 2. The highest BCUT2D eigenvalue weighted by Gasteiger charge is 2.27. The molecular formula is C28H27N3OS. The summed E-state index contributed by atoms with van der Waals surface area (Å²) in [5, 5.41) is 7.59. The highest BCUT2D eigenvalue weighted by atomic mass is 32.2. The first-order chi connectivity index (χ1) is 16.1. The maximum Gasteiger partial charge on any atom is 0.260 e. The van der Waals surface area contributed by atoms with Crippen molar-refractivity contribution in [2.45, 2.75) is 32.3 Å². The van der Waals surface area contributed by atoms with Crippen LogP contribution in [0.3, 0.4) is 0 Å². The van der Waals surface area contributed by atoms with Crippen LogP contribution in [-0.4, -0.2) is 16.0 Å². The minimum atomic E-state index is -0.183. The van der Waals surface area contributed by atoms with E-state index in [2.05, 4.69) is 102 Å². The third-order valence-electron chi connectivity index (χ3n) is 5.97. The van der Waals surface area contributed by atoms with Crippen LogP contribution in [0.25, 0.3) is 17.0 Å². The third-order valence-corrected chi connectivity index (χ3v) is 7.00. The highest BCUT2D eigenvalue weighted by molar-refractivity contribution is 8.05. The van der Waals surface area contributed by atoms with Crippen molar-refractivity contribution in [3.05, 3.63) is 106 Å². The lowest BCUT2D eigenvalue weighted by Gasteiger charge is -2.12. The van der Waals surface area contributed by atoms with Gasteiger partial charge in [-0.15, -0.1) is 0 Å². The van der Waals surface area contributed by atoms with E-state index in [0.717, 1.165) is 34.5 Å². The van der Waals surface area contributed by atoms with Gasteiger partial charge in [0.2, 0.25) is 0 Å². The molecule has 33 heavy (non-hydrogen) atoms. The first kappa shape index (κ1) is 21.4. The van der Waals surface area contributed by atoms with Crippen LogP contribution in [-0.2, 0) is 17.8 Å². The van der Waals surface area contributed by atoms with E-state index in [1.807, 2.05) is 12.1 Å². The number of thioether (sulfide) groups is 1. The molecule has 1 aromatic heterocycles. The van der Waals surface area contributed by atoms with E-state index >= 15 is 0 Å². The Morgan fingerprint density at radius 3 is 2.48 bits per heavy atom. The van der Waals surface area contributed by atoms with E-state index in [4.69, 9.17) is 0 Å². The molecule has 0 radical (unpaired) electrons. The number of amides is 1. The van der Waals surface area contributed by atoms with E-state index in [0.29, 0.717) is 0 Å². The maximum atomic E-state index is 12.7. The molecule has 1 atom stereocenters. The molecule has 1 aliphatic rings. The molecule has 4 nitrogen and oxygen atoms in total. The smallest absolute Gasteiger partial charge is 0.260 e. The number of aromatic nitrogens is 1. The number of rotatable bonds is 6. The monoisotopic (exact) mass is 453 g/mol. The van der Waals surface area contributed by atoms with E-state index in [9.17, 15) is 4.79 Å². The zero-order valence-corrected chi connectivity index (χ0v) is 19.7. The Hall–Kier alpha value is -3.44. The minimum Gasteiger partial charge on any atom is -0.357 e. The molecule has 3 aromatic carbocycles. The summed E-state index contributed by atoms with van der Waals surface area (Å²) in [5.41, 5.74) is 6.86. The quantitative estimate of drug-likeness (QED) is 0.344. The van der Waals surface area contributed by atoms with Crippen molar-refractivity contribution in [2.75, 3.05) is 5.32 Å². The largest absolute Gasteiger partial charge is 0.357 e. The number of para-hydroxylation sites is 1. The Kier molecular flexibility index (Phi) is 5.97. The second kappa shape index (κ2) is 9.20. The van der Waals surface area contributed by atoms with Crippen molar-refractivity contribution in [1.82, 2.24) is 9.88 Å². The summed E-state index contributed by atoms with van der Waals surface area (Å²) in [6.07, 6.45) is 5.17. The molecule has 5 heteroatoms. The van der Waals surface area contributed by atoms with Crippen molar-refractivity contribution in [2.24, 2.45) is 0 Å². The number of carbonyl (C=O) groups is 1. The van der Waals surface area contributed by atoms with Crippen molar-refractivity contribution >= 4 is 40.3 Å². The average molecular weight is 454 g/mol.